The summed E-state index contributed by atoms with van der Waals surface area (Å²) in [6.45, 7) is 7.46. The molecule has 92 valence electrons. The second kappa shape index (κ2) is 6.03. The summed E-state index contributed by atoms with van der Waals surface area (Å²) in [5.74, 6) is -0.460. The number of hydrogen-bond donors (Lipinski definition) is 2. The number of nitrogens with one attached hydrogen (secondary N) is 2. The van der Waals surface area contributed by atoms with E-state index in [4.69, 9.17) is 0 Å². The molecule has 1 amide bonds. The van der Waals surface area contributed by atoms with E-state index in [0.29, 0.717) is 12.2 Å². The molecule has 4 heteroatoms. The number of aryl methyl sites for hydroxylation is 1. The third-order valence-electron chi connectivity index (χ3n) is 2.24. The van der Waals surface area contributed by atoms with Gasteiger partial charge in [0.15, 0.2) is 0 Å². The van der Waals surface area contributed by atoms with Gasteiger partial charge in [-0.3, -0.25) is 4.79 Å². The highest BCUT2D eigenvalue weighted by atomic mass is 19.1. The van der Waals surface area contributed by atoms with Crippen LogP contribution in [0.5, 0.6) is 0 Å². The van der Waals surface area contributed by atoms with Crippen LogP contribution in [0.15, 0.2) is 30.9 Å². The third kappa shape index (κ3) is 4.26. The first-order valence-electron chi connectivity index (χ1n) is 5.45. The number of anilines is 1. The Hall–Kier alpha value is -1.84. The van der Waals surface area contributed by atoms with Crippen LogP contribution < -0.4 is 10.6 Å². The predicted octanol–water partition coefficient (Wildman–Crippen LogP) is 2.24. The van der Waals surface area contributed by atoms with Crippen LogP contribution in [0.1, 0.15) is 12.5 Å². The SMILES string of the molecule is C=CCNC(=O)C(C)Nc1cc(C)cc(F)c1. The number of amides is 1. The lowest BCUT2D eigenvalue weighted by molar-refractivity contribution is -0.121. The van der Waals surface area contributed by atoms with Crippen molar-refractivity contribution in [2.24, 2.45) is 0 Å². The number of carbonyl (C=O) groups is 1. The van der Waals surface area contributed by atoms with Crippen LogP contribution in [0, 0.1) is 12.7 Å². The summed E-state index contributed by atoms with van der Waals surface area (Å²) in [7, 11) is 0. The standard InChI is InChI=1S/C13H17FN2O/c1-4-5-15-13(17)10(3)16-12-7-9(2)6-11(14)8-12/h4,6-8,10,16H,1,5H2,2-3H3,(H,15,17). The van der Waals surface area contributed by atoms with Crippen LogP contribution in [0.2, 0.25) is 0 Å². The van der Waals surface area contributed by atoms with Gasteiger partial charge in [-0.15, -0.1) is 6.58 Å². The fourth-order valence-corrected chi connectivity index (χ4v) is 1.46. The van der Waals surface area contributed by atoms with E-state index in [-0.39, 0.29) is 11.7 Å². The van der Waals surface area contributed by atoms with Crippen molar-refractivity contribution in [3.63, 3.8) is 0 Å². The van der Waals surface area contributed by atoms with Gasteiger partial charge in [0.1, 0.15) is 11.9 Å². The molecule has 17 heavy (non-hydrogen) atoms. The van der Waals surface area contributed by atoms with Gasteiger partial charge >= 0.3 is 0 Å². The van der Waals surface area contributed by atoms with Crippen molar-refractivity contribution in [1.82, 2.24) is 5.32 Å². The highest BCUT2D eigenvalue weighted by Gasteiger charge is 2.11. The molecule has 1 atom stereocenters. The molecule has 0 aliphatic carbocycles. The molecule has 1 aromatic rings. The maximum atomic E-state index is 13.1. The Morgan fingerprint density at radius 1 is 1.53 bits per heavy atom. The van der Waals surface area contributed by atoms with E-state index in [2.05, 4.69) is 17.2 Å². The number of carbonyl (C=O) groups excluding carboxylic acids is 1. The maximum absolute atomic E-state index is 13.1. The van der Waals surface area contributed by atoms with Gasteiger partial charge in [0.25, 0.3) is 0 Å². The third-order valence-corrected chi connectivity index (χ3v) is 2.24. The number of rotatable bonds is 5. The van der Waals surface area contributed by atoms with Crippen LogP contribution >= 0.6 is 0 Å². The van der Waals surface area contributed by atoms with E-state index in [1.165, 1.54) is 12.1 Å². The summed E-state index contributed by atoms with van der Waals surface area (Å²) in [6.07, 6.45) is 1.61. The van der Waals surface area contributed by atoms with Gasteiger partial charge in [0.05, 0.1) is 0 Å². The van der Waals surface area contributed by atoms with Crippen molar-refractivity contribution in [3.05, 3.63) is 42.2 Å². The van der Waals surface area contributed by atoms with Crippen LogP contribution in [0.25, 0.3) is 0 Å². The summed E-state index contributed by atoms with van der Waals surface area (Å²) < 4.78 is 13.1. The molecule has 1 aromatic carbocycles. The lowest BCUT2D eigenvalue weighted by Gasteiger charge is -2.15. The van der Waals surface area contributed by atoms with Crippen LogP contribution in [-0.2, 0) is 4.79 Å². The lowest BCUT2D eigenvalue weighted by Crippen LogP contribution is -2.37. The summed E-state index contributed by atoms with van der Waals surface area (Å²) >= 11 is 0. The van der Waals surface area contributed by atoms with Gasteiger partial charge in [0, 0.05) is 12.2 Å². The normalized spacial score (nSPS) is 11.7. The zero-order chi connectivity index (χ0) is 12.8. The van der Waals surface area contributed by atoms with E-state index < -0.39 is 6.04 Å². The minimum atomic E-state index is -0.420. The smallest absolute Gasteiger partial charge is 0.242 e. The van der Waals surface area contributed by atoms with E-state index in [1.54, 1.807) is 26.0 Å². The molecule has 1 rings (SSSR count). The summed E-state index contributed by atoms with van der Waals surface area (Å²) in [5.41, 5.74) is 1.41. The van der Waals surface area contributed by atoms with Crippen molar-refractivity contribution < 1.29 is 9.18 Å². The number of hydrogen-bond acceptors (Lipinski definition) is 2. The van der Waals surface area contributed by atoms with Gasteiger partial charge in [0.2, 0.25) is 5.91 Å². The Kier molecular flexibility index (Phi) is 4.69. The number of benzene rings is 1. The zero-order valence-corrected chi connectivity index (χ0v) is 10.1. The first-order valence-corrected chi connectivity index (χ1v) is 5.45. The second-order valence-corrected chi connectivity index (χ2v) is 3.92. The topological polar surface area (TPSA) is 41.1 Å². The molecule has 0 aliphatic rings. The molecule has 0 saturated carbocycles. The molecule has 0 aromatic heterocycles. The molecule has 0 heterocycles. The summed E-state index contributed by atoms with van der Waals surface area (Å²) in [5, 5.41) is 5.61. The molecule has 0 spiro atoms. The Labute approximate surface area is 101 Å². The van der Waals surface area contributed by atoms with E-state index in [1.807, 2.05) is 0 Å². The Morgan fingerprint density at radius 3 is 2.82 bits per heavy atom. The highest BCUT2D eigenvalue weighted by Crippen LogP contribution is 2.14. The van der Waals surface area contributed by atoms with Gasteiger partial charge in [-0.25, -0.2) is 4.39 Å². The van der Waals surface area contributed by atoms with E-state index in [9.17, 15) is 9.18 Å². The Balaban J connectivity index is 2.63. The van der Waals surface area contributed by atoms with E-state index in [0.717, 1.165) is 5.56 Å². The Bertz CT molecular complexity index is 398. The summed E-state index contributed by atoms with van der Waals surface area (Å²) in [6, 6.07) is 4.18. The molecule has 0 radical (unpaired) electrons. The van der Waals surface area contributed by atoms with Crippen LogP contribution in [0.4, 0.5) is 10.1 Å². The highest BCUT2D eigenvalue weighted by molar-refractivity contribution is 5.84. The zero-order valence-electron chi connectivity index (χ0n) is 10.1. The average molecular weight is 236 g/mol. The van der Waals surface area contributed by atoms with Crippen LogP contribution in [-0.4, -0.2) is 18.5 Å². The van der Waals surface area contributed by atoms with Crippen molar-refractivity contribution in [2.75, 3.05) is 11.9 Å². The largest absolute Gasteiger partial charge is 0.374 e. The quantitative estimate of drug-likeness (QED) is 0.770. The average Bonchev–Trinajstić information content (AvgIpc) is 2.24. The molecule has 2 N–H and O–H groups in total. The lowest BCUT2D eigenvalue weighted by atomic mass is 10.2. The van der Waals surface area contributed by atoms with Crippen molar-refractivity contribution >= 4 is 11.6 Å². The van der Waals surface area contributed by atoms with Gasteiger partial charge in [-0.2, -0.15) is 0 Å². The molecular formula is C13H17FN2O. The summed E-state index contributed by atoms with van der Waals surface area (Å²) in [4.78, 5) is 11.6. The monoisotopic (exact) mass is 236 g/mol. The molecule has 0 aliphatic heterocycles. The predicted molar refractivity (Wildman–Crippen MR) is 67.4 cm³/mol. The van der Waals surface area contributed by atoms with Gasteiger partial charge < -0.3 is 10.6 Å². The molecule has 0 fully saturated rings. The van der Waals surface area contributed by atoms with E-state index >= 15 is 0 Å². The first-order chi connectivity index (χ1) is 8.02. The van der Waals surface area contributed by atoms with Crippen molar-refractivity contribution in [1.29, 1.82) is 0 Å². The number of halogens is 1. The minimum absolute atomic E-state index is 0.146. The second-order valence-electron chi connectivity index (χ2n) is 3.92. The van der Waals surface area contributed by atoms with Crippen LogP contribution in [0.3, 0.4) is 0 Å². The molecule has 0 bridgehead atoms. The van der Waals surface area contributed by atoms with Gasteiger partial charge in [-0.1, -0.05) is 6.08 Å². The van der Waals surface area contributed by atoms with Crippen molar-refractivity contribution in [3.8, 4) is 0 Å². The molecule has 3 nitrogen and oxygen atoms in total. The molecular weight excluding hydrogens is 219 g/mol. The van der Waals surface area contributed by atoms with Crippen molar-refractivity contribution in [2.45, 2.75) is 19.9 Å². The fraction of sp³-hybridized carbons (Fsp3) is 0.308. The molecule has 0 saturated heterocycles. The molecule has 1 unspecified atom stereocenters. The first kappa shape index (κ1) is 13.2. The Morgan fingerprint density at radius 2 is 2.24 bits per heavy atom. The maximum Gasteiger partial charge on any atom is 0.242 e. The van der Waals surface area contributed by atoms with Gasteiger partial charge in [-0.05, 0) is 37.6 Å². The fourth-order valence-electron chi connectivity index (χ4n) is 1.46. The minimum Gasteiger partial charge on any atom is -0.374 e.